The minimum atomic E-state index is -0.820. The number of allylic oxidation sites excluding steroid dienone is 2. The van der Waals surface area contributed by atoms with E-state index < -0.39 is 11.6 Å². The van der Waals surface area contributed by atoms with E-state index in [0.29, 0.717) is 23.5 Å². The maximum absolute atomic E-state index is 15.5. The molecule has 2 aliphatic carbocycles. The largest absolute Gasteiger partial charge is 0.207 e. The molecule has 0 saturated heterocycles. The van der Waals surface area contributed by atoms with Gasteiger partial charge in [0.2, 0.25) is 0 Å². The van der Waals surface area contributed by atoms with Crippen molar-refractivity contribution >= 4 is 0 Å². The summed E-state index contributed by atoms with van der Waals surface area (Å²) in [6.45, 7) is 4.37. The lowest BCUT2D eigenvalue weighted by molar-refractivity contribution is 0.155. The molecule has 44 heavy (non-hydrogen) atoms. The Kier molecular flexibility index (Phi) is 11.8. The van der Waals surface area contributed by atoms with Gasteiger partial charge in [-0.1, -0.05) is 119 Å². The van der Waals surface area contributed by atoms with E-state index in [0.717, 1.165) is 60.1 Å². The van der Waals surface area contributed by atoms with Gasteiger partial charge in [-0.15, -0.1) is 0 Å². The SMILES string of the molecule is CCC/C=C\Cc1ccc(-c2ccc(-c3ccc(C4CCC(C5CCC(CCCCC)CC5)CC4)c(F)c3)cc2)c(F)c1F. The number of hydrogen-bond donors (Lipinski definition) is 0. The van der Waals surface area contributed by atoms with Crippen LogP contribution in [-0.2, 0) is 6.42 Å². The van der Waals surface area contributed by atoms with Crippen LogP contribution in [0.2, 0.25) is 0 Å². The van der Waals surface area contributed by atoms with E-state index in [1.165, 1.54) is 64.2 Å². The Balaban J connectivity index is 1.16. The van der Waals surface area contributed by atoms with Crippen LogP contribution in [0.1, 0.15) is 121 Å². The van der Waals surface area contributed by atoms with Crippen LogP contribution >= 0.6 is 0 Å². The van der Waals surface area contributed by atoms with E-state index in [1.807, 2.05) is 36.4 Å². The first-order valence-electron chi connectivity index (χ1n) is 17.5. The van der Waals surface area contributed by atoms with E-state index in [4.69, 9.17) is 0 Å². The second kappa shape index (κ2) is 16.0. The first-order valence-corrected chi connectivity index (χ1v) is 17.5. The predicted molar refractivity (Wildman–Crippen MR) is 179 cm³/mol. The minimum absolute atomic E-state index is 0.126. The molecule has 0 heterocycles. The summed E-state index contributed by atoms with van der Waals surface area (Å²) in [5.41, 5.74) is 3.74. The zero-order valence-electron chi connectivity index (χ0n) is 26.9. The first-order chi connectivity index (χ1) is 21.5. The Morgan fingerprint density at radius 1 is 0.636 bits per heavy atom. The van der Waals surface area contributed by atoms with Crippen LogP contribution in [0.4, 0.5) is 13.2 Å². The highest BCUT2D eigenvalue weighted by atomic mass is 19.2. The smallest absolute Gasteiger partial charge is 0.166 e. The van der Waals surface area contributed by atoms with Gasteiger partial charge in [0, 0.05) is 5.56 Å². The number of unbranched alkanes of at least 4 members (excludes halogenated alkanes) is 3. The van der Waals surface area contributed by atoms with Gasteiger partial charge in [-0.05, 0) is 109 Å². The molecule has 0 atom stereocenters. The highest BCUT2D eigenvalue weighted by molar-refractivity contribution is 5.71. The lowest BCUT2D eigenvalue weighted by atomic mass is 9.68. The molecule has 2 aliphatic rings. The second-order valence-electron chi connectivity index (χ2n) is 13.6. The molecule has 2 fully saturated rings. The fraction of sp³-hybridized carbons (Fsp3) is 0.512. The van der Waals surface area contributed by atoms with Crippen molar-refractivity contribution in [3.8, 4) is 22.3 Å². The van der Waals surface area contributed by atoms with Crippen molar-refractivity contribution in [1.82, 2.24) is 0 Å². The van der Waals surface area contributed by atoms with Gasteiger partial charge in [0.15, 0.2) is 11.6 Å². The molecular formula is C41H51F3. The number of halogens is 3. The van der Waals surface area contributed by atoms with Crippen molar-refractivity contribution in [2.75, 3.05) is 0 Å². The van der Waals surface area contributed by atoms with E-state index in [9.17, 15) is 8.78 Å². The highest BCUT2D eigenvalue weighted by Crippen LogP contribution is 2.45. The van der Waals surface area contributed by atoms with Crippen molar-refractivity contribution in [2.45, 2.75) is 116 Å². The van der Waals surface area contributed by atoms with Gasteiger partial charge in [0.1, 0.15) is 5.82 Å². The molecular weight excluding hydrogens is 549 g/mol. The summed E-state index contributed by atoms with van der Waals surface area (Å²) in [7, 11) is 0. The van der Waals surface area contributed by atoms with Gasteiger partial charge in [-0.2, -0.15) is 0 Å². The van der Waals surface area contributed by atoms with Crippen molar-refractivity contribution in [3.63, 3.8) is 0 Å². The molecule has 3 heteroatoms. The van der Waals surface area contributed by atoms with Gasteiger partial charge in [0.05, 0.1) is 0 Å². The van der Waals surface area contributed by atoms with E-state index in [-0.39, 0.29) is 11.4 Å². The Hall–Kier alpha value is -2.81. The second-order valence-corrected chi connectivity index (χ2v) is 13.6. The molecule has 236 valence electrons. The minimum Gasteiger partial charge on any atom is -0.207 e. The van der Waals surface area contributed by atoms with E-state index in [1.54, 1.807) is 30.3 Å². The normalized spacial score (nSPS) is 22.5. The van der Waals surface area contributed by atoms with Gasteiger partial charge in [-0.25, -0.2) is 13.2 Å². The molecule has 0 aliphatic heterocycles. The molecule has 3 aromatic rings. The number of rotatable bonds is 12. The molecule has 0 aromatic heterocycles. The average Bonchev–Trinajstić information content (AvgIpc) is 3.06. The molecule has 0 unspecified atom stereocenters. The van der Waals surface area contributed by atoms with Crippen molar-refractivity contribution < 1.29 is 13.2 Å². The molecule has 0 spiro atoms. The molecule has 0 amide bonds. The maximum atomic E-state index is 15.5. The summed E-state index contributed by atoms with van der Waals surface area (Å²) in [5.74, 6) is 1.22. The van der Waals surface area contributed by atoms with Crippen molar-refractivity contribution in [1.29, 1.82) is 0 Å². The standard InChI is InChI=1S/C41H51F3/c1-3-5-7-9-11-35-24-27-38(41(44)40(35)43)34-22-18-32(19-23-34)36-25-26-37(39(42)28-36)33-20-16-31(17-21-33)30-14-12-29(13-15-30)10-8-6-4-2/h7,9,18-19,22-31,33H,3-6,8,10-17,20-21H2,1-2H3/b9-7-. The maximum Gasteiger partial charge on any atom is 0.166 e. The Morgan fingerprint density at radius 2 is 1.30 bits per heavy atom. The van der Waals surface area contributed by atoms with Crippen LogP contribution in [-0.4, -0.2) is 0 Å². The molecule has 5 rings (SSSR count). The summed E-state index contributed by atoms with van der Waals surface area (Å²) in [5, 5.41) is 0. The van der Waals surface area contributed by atoms with Crippen LogP contribution in [0.15, 0.2) is 66.7 Å². The monoisotopic (exact) mass is 600 g/mol. The number of hydrogen-bond acceptors (Lipinski definition) is 0. The Morgan fingerprint density at radius 3 is 1.95 bits per heavy atom. The molecule has 0 nitrogen and oxygen atoms in total. The zero-order chi connectivity index (χ0) is 30.9. The fourth-order valence-electron chi connectivity index (χ4n) is 7.88. The molecule has 0 N–H and O–H groups in total. The lowest BCUT2D eigenvalue weighted by Crippen LogP contribution is -2.25. The summed E-state index contributed by atoms with van der Waals surface area (Å²) >= 11 is 0. The van der Waals surface area contributed by atoms with Crippen LogP contribution in [0.3, 0.4) is 0 Å². The zero-order valence-corrected chi connectivity index (χ0v) is 26.9. The Labute approximate surface area is 264 Å². The number of benzene rings is 3. The third-order valence-corrected chi connectivity index (χ3v) is 10.6. The van der Waals surface area contributed by atoms with E-state index >= 15 is 4.39 Å². The van der Waals surface area contributed by atoms with Crippen molar-refractivity contribution in [2.24, 2.45) is 17.8 Å². The van der Waals surface area contributed by atoms with Crippen LogP contribution in [0, 0.1) is 35.2 Å². The van der Waals surface area contributed by atoms with Crippen molar-refractivity contribution in [3.05, 3.63) is 95.3 Å². The summed E-state index contributed by atoms with van der Waals surface area (Å²) in [6.07, 6.45) is 22.0. The summed E-state index contributed by atoms with van der Waals surface area (Å²) < 4.78 is 45.2. The topological polar surface area (TPSA) is 0 Å². The highest BCUT2D eigenvalue weighted by Gasteiger charge is 2.32. The van der Waals surface area contributed by atoms with E-state index in [2.05, 4.69) is 13.8 Å². The first kappa shape index (κ1) is 32.6. The molecule has 2 saturated carbocycles. The third kappa shape index (κ3) is 8.06. The molecule has 0 bridgehead atoms. The predicted octanol–water partition coefficient (Wildman–Crippen LogP) is 13.0. The lowest BCUT2D eigenvalue weighted by Gasteiger charge is -2.38. The third-order valence-electron chi connectivity index (χ3n) is 10.6. The van der Waals surface area contributed by atoms with Crippen LogP contribution < -0.4 is 0 Å². The van der Waals surface area contributed by atoms with Gasteiger partial charge < -0.3 is 0 Å². The molecule has 3 aromatic carbocycles. The Bertz CT molecular complexity index is 1360. The summed E-state index contributed by atoms with van der Waals surface area (Å²) in [6, 6.07) is 16.3. The summed E-state index contributed by atoms with van der Waals surface area (Å²) in [4.78, 5) is 0. The van der Waals surface area contributed by atoms with Crippen LogP contribution in [0.5, 0.6) is 0 Å². The van der Waals surface area contributed by atoms with Gasteiger partial charge in [0.25, 0.3) is 0 Å². The molecule has 0 radical (unpaired) electrons. The van der Waals surface area contributed by atoms with Crippen LogP contribution in [0.25, 0.3) is 22.3 Å². The fourth-order valence-corrected chi connectivity index (χ4v) is 7.88. The average molecular weight is 601 g/mol. The quantitative estimate of drug-likeness (QED) is 0.143. The van der Waals surface area contributed by atoms with Gasteiger partial charge >= 0.3 is 0 Å². The van der Waals surface area contributed by atoms with Gasteiger partial charge in [-0.3, -0.25) is 0 Å².